The summed E-state index contributed by atoms with van der Waals surface area (Å²) in [5.74, 6) is 0.792. The zero-order chi connectivity index (χ0) is 14.9. The molecule has 0 heterocycles. The molecule has 0 N–H and O–H groups in total. The number of rotatable bonds is 2. The van der Waals surface area contributed by atoms with E-state index in [0.717, 1.165) is 5.92 Å². The summed E-state index contributed by atoms with van der Waals surface area (Å²) >= 11 is 0. The second-order valence-electron chi connectivity index (χ2n) is 7.96. The fourth-order valence-electron chi connectivity index (χ4n) is 4.98. The summed E-state index contributed by atoms with van der Waals surface area (Å²) in [5, 5.41) is 0. The predicted molar refractivity (Wildman–Crippen MR) is 91.4 cm³/mol. The predicted octanol–water partition coefficient (Wildman–Crippen LogP) is 6.05. The third-order valence-electron chi connectivity index (χ3n) is 5.33. The molecule has 0 bridgehead atoms. The van der Waals surface area contributed by atoms with Crippen molar-refractivity contribution in [1.29, 1.82) is 0 Å². The molecule has 0 amide bonds. The summed E-state index contributed by atoms with van der Waals surface area (Å²) in [5.41, 5.74) is 3.88. The zero-order valence-electron chi connectivity index (χ0n) is 13.7. The van der Waals surface area contributed by atoms with E-state index in [1.807, 2.05) is 0 Å². The fourth-order valence-corrected chi connectivity index (χ4v) is 4.98. The Morgan fingerprint density at radius 3 is 2.43 bits per heavy atom. The Hall–Kier alpha value is -1.30. The molecule has 2 aliphatic rings. The molecular formula is C21H28. The van der Waals surface area contributed by atoms with Crippen LogP contribution in [0.1, 0.15) is 58.4 Å². The van der Waals surface area contributed by atoms with Gasteiger partial charge in [0.05, 0.1) is 0 Å². The highest BCUT2D eigenvalue weighted by atomic mass is 14.5. The quantitative estimate of drug-likeness (QED) is 0.619. The molecule has 2 aliphatic carbocycles. The number of hydrogen-bond acceptors (Lipinski definition) is 0. The molecule has 3 rings (SSSR count). The van der Waals surface area contributed by atoms with Crippen molar-refractivity contribution in [3.63, 3.8) is 0 Å². The van der Waals surface area contributed by atoms with Gasteiger partial charge in [-0.3, -0.25) is 0 Å². The Bertz CT molecular complexity index is 547. The zero-order valence-corrected chi connectivity index (χ0v) is 13.7. The highest BCUT2D eigenvalue weighted by molar-refractivity contribution is 5.40. The Morgan fingerprint density at radius 1 is 1.05 bits per heavy atom. The van der Waals surface area contributed by atoms with Gasteiger partial charge in [0.25, 0.3) is 0 Å². The van der Waals surface area contributed by atoms with Gasteiger partial charge < -0.3 is 0 Å². The molecule has 0 heteroatoms. The van der Waals surface area contributed by atoms with Crippen molar-refractivity contribution < 1.29 is 0 Å². The Morgan fingerprint density at radius 2 is 1.81 bits per heavy atom. The minimum Gasteiger partial charge on any atom is -0.0842 e. The summed E-state index contributed by atoms with van der Waals surface area (Å²) in [6, 6.07) is 11.3. The van der Waals surface area contributed by atoms with Gasteiger partial charge in [0.1, 0.15) is 0 Å². The maximum Gasteiger partial charge on any atom is 0.0172 e. The average Bonchev–Trinajstić information content (AvgIpc) is 2.47. The highest BCUT2D eigenvalue weighted by Gasteiger charge is 2.45. The maximum absolute atomic E-state index is 2.46. The van der Waals surface area contributed by atoms with Crippen LogP contribution in [0, 0.1) is 11.3 Å². The summed E-state index contributed by atoms with van der Waals surface area (Å²) in [6.07, 6.45) is 13.4. The lowest BCUT2D eigenvalue weighted by molar-refractivity contribution is 0.122. The standard InChI is InChI=1S/C21H28/c1-17-14-20(2,3)16-21(15-17,18-10-6-4-7-11-18)19-12-8-5-9-13-19/h4-8,10-12,17H,9,13-16H2,1-3H3. The SMILES string of the molecule is CC1CC(C)(C)CC(C2=CC=CCC2)(c2ccccc2)C1. The van der Waals surface area contributed by atoms with Crippen molar-refractivity contribution in [2.24, 2.45) is 11.3 Å². The third-order valence-corrected chi connectivity index (χ3v) is 5.33. The summed E-state index contributed by atoms with van der Waals surface area (Å²) in [6.45, 7) is 7.36. The van der Waals surface area contributed by atoms with Gasteiger partial charge in [0, 0.05) is 5.41 Å². The van der Waals surface area contributed by atoms with Crippen molar-refractivity contribution in [1.82, 2.24) is 0 Å². The molecule has 1 aromatic carbocycles. The van der Waals surface area contributed by atoms with Crippen molar-refractivity contribution in [2.45, 2.75) is 58.3 Å². The normalized spacial score (nSPS) is 31.8. The van der Waals surface area contributed by atoms with Crippen LogP contribution in [0.25, 0.3) is 0 Å². The van der Waals surface area contributed by atoms with Crippen LogP contribution in [0.5, 0.6) is 0 Å². The van der Waals surface area contributed by atoms with E-state index in [0.29, 0.717) is 5.41 Å². The summed E-state index contributed by atoms with van der Waals surface area (Å²) < 4.78 is 0. The van der Waals surface area contributed by atoms with E-state index in [4.69, 9.17) is 0 Å². The largest absolute Gasteiger partial charge is 0.0842 e. The Balaban J connectivity index is 2.11. The van der Waals surface area contributed by atoms with Crippen LogP contribution in [-0.2, 0) is 5.41 Å². The Labute approximate surface area is 130 Å². The van der Waals surface area contributed by atoms with Crippen LogP contribution in [-0.4, -0.2) is 0 Å². The van der Waals surface area contributed by atoms with Gasteiger partial charge in [-0.25, -0.2) is 0 Å². The van der Waals surface area contributed by atoms with Crippen molar-refractivity contribution in [3.8, 4) is 0 Å². The van der Waals surface area contributed by atoms with Gasteiger partial charge in [-0.2, -0.15) is 0 Å². The first kappa shape index (κ1) is 14.6. The Kier molecular flexibility index (Phi) is 3.82. The molecule has 0 spiro atoms. The molecule has 1 aromatic rings. The lowest BCUT2D eigenvalue weighted by Crippen LogP contribution is -2.41. The summed E-state index contributed by atoms with van der Waals surface area (Å²) in [7, 11) is 0. The molecular weight excluding hydrogens is 252 g/mol. The highest BCUT2D eigenvalue weighted by Crippen LogP contribution is 2.54. The fraction of sp³-hybridized carbons (Fsp3) is 0.524. The molecule has 0 aliphatic heterocycles. The molecule has 0 radical (unpaired) electrons. The van der Waals surface area contributed by atoms with Gasteiger partial charge in [-0.15, -0.1) is 0 Å². The molecule has 2 atom stereocenters. The topological polar surface area (TPSA) is 0 Å². The number of allylic oxidation sites excluding steroid dienone is 4. The number of hydrogen-bond donors (Lipinski definition) is 0. The van der Waals surface area contributed by atoms with Gasteiger partial charge in [-0.1, -0.05) is 74.9 Å². The lowest BCUT2D eigenvalue weighted by atomic mass is 9.54. The van der Waals surface area contributed by atoms with Crippen molar-refractivity contribution in [2.75, 3.05) is 0 Å². The van der Waals surface area contributed by atoms with E-state index in [2.05, 4.69) is 69.3 Å². The van der Waals surface area contributed by atoms with Crippen LogP contribution in [0.15, 0.2) is 54.1 Å². The van der Waals surface area contributed by atoms with Gasteiger partial charge in [0.15, 0.2) is 0 Å². The van der Waals surface area contributed by atoms with Crippen molar-refractivity contribution >= 4 is 0 Å². The minimum absolute atomic E-state index is 0.257. The van der Waals surface area contributed by atoms with E-state index >= 15 is 0 Å². The smallest absolute Gasteiger partial charge is 0.0172 e. The second-order valence-corrected chi connectivity index (χ2v) is 7.96. The molecule has 0 aromatic heterocycles. The first-order valence-electron chi connectivity index (χ1n) is 8.44. The van der Waals surface area contributed by atoms with Gasteiger partial charge in [-0.05, 0) is 49.0 Å². The maximum atomic E-state index is 2.46. The monoisotopic (exact) mass is 280 g/mol. The van der Waals surface area contributed by atoms with Gasteiger partial charge >= 0.3 is 0 Å². The molecule has 1 fully saturated rings. The van der Waals surface area contributed by atoms with E-state index in [9.17, 15) is 0 Å². The second kappa shape index (κ2) is 5.48. The molecule has 112 valence electrons. The lowest BCUT2D eigenvalue weighted by Gasteiger charge is -2.50. The van der Waals surface area contributed by atoms with E-state index in [1.54, 1.807) is 5.57 Å². The summed E-state index contributed by atoms with van der Waals surface area (Å²) in [4.78, 5) is 0. The van der Waals surface area contributed by atoms with E-state index < -0.39 is 0 Å². The minimum atomic E-state index is 0.257. The van der Waals surface area contributed by atoms with Crippen LogP contribution in [0.3, 0.4) is 0 Å². The van der Waals surface area contributed by atoms with Crippen LogP contribution in [0.2, 0.25) is 0 Å². The first-order valence-corrected chi connectivity index (χ1v) is 8.44. The van der Waals surface area contributed by atoms with E-state index in [-0.39, 0.29) is 5.41 Å². The molecule has 2 unspecified atom stereocenters. The van der Waals surface area contributed by atoms with E-state index in [1.165, 1.54) is 37.7 Å². The van der Waals surface area contributed by atoms with Crippen LogP contribution < -0.4 is 0 Å². The average molecular weight is 280 g/mol. The molecule has 0 nitrogen and oxygen atoms in total. The third kappa shape index (κ3) is 2.86. The molecule has 21 heavy (non-hydrogen) atoms. The molecule has 1 saturated carbocycles. The van der Waals surface area contributed by atoms with Gasteiger partial charge in [0.2, 0.25) is 0 Å². The first-order chi connectivity index (χ1) is 10.0. The molecule has 0 saturated heterocycles. The number of benzene rings is 1. The van der Waals surface area contributed by atoms with Crippen LogP contribution in [0.4, 0.5) is 0 Å². The van der Waals surface area contributed by atoms with Crippen LogP contribution >= 0.6 is 0 Å². The van der Waals surface area contributed by atoms with Crippen molar-refractivity contribution in [3.05, 3.63) is 59.7 Å².